The maximum Gasteiger partial charge on any atom is 0.229 e. The van der Waals surface area contributed by atoms with E-state index in [0.717, 1.165) is 17.8 Å². The number of halogens is 2. The number of amidine groups is 1. The maximum absolute atomic E-state index is 14.0. The van der Waals surface area contributed by atoms with Crippen molar-refractivity contribution in [3.8, 4) is 5.75 Å². The monoisotopic (exact) mass is 406 g/mol. The molecule has 3 aromatic rings. The molecule has 3 N–H and O–H groups in total. The Balaban J connectivity index is 1.47. The van der Waals surface area contributed by atoms with Crippen molar-refractivity contribution in [3.63, 3.8) is 0 Å². The molecule has 0 radical (unpaired) electrons. The summed E-state index contributed by atoms with van der Waals surface area (Å²) in [5.41, 5.74) is 7.89. The van der Waals surface area contributed by atoms with E-state index in [-0.39, 0.29) is 5.75 Å². The average molecular weight is 406 g/mol. The highest BCUT2D eigenvalue weighted by Gasteiger charge is 2.31. The highest BCUT2D eigenvalue weighted by atomic mass is 19.1. The predicted molar refractivity (Wildman–Crippen MR) is 111 cm³/mol. The van der Waals surface area contributed by atoms with Crippen molar-refractivity contribution in [1.82, 2.24) is 9.97 Å². The van der Waals surface area contributed by atoms with Crippen LogP contribution in [0.5, 0.6) is 5.75 Å². The number of nitrogens with two attached hydrogens (primary N) is 1. The van der Waals surface area contributed by atoms with Gasteiger partial charge in [-0.05, 0) is 42.5 Å². The van der Waals surface area contributed by atoms with E-state index in [1.54, 1.807) is 24.4 Å². The molecule has 0 aliphatic carbocycles. The number of aromatic nitrogens is 2. The summed E-state index contributed by atoms with van der Waals surface area (Å²) in [5, 5.41) is 3.14. The zero-order chi connectivity index (χ0) is 20.7. The SMILES string of the molecule is Nc1ccc(Nc2ncc3c(n2)N2CCN=C2C(Oc2ccc(F)cc2F)=C3)cc1. The van der Waals surface area contributed by atoms with E-state index in [1.807, 2.05) is 17.0 Å². The van der Waals surface area contributed by atoms with Gasteiger partial charge in [-0.25, -0.2) is 13.8 Å². The van der Waals surface area contributed by atoms with Crippen LogP contribution in [0.3, 0.4) is 0 Å². The quantitative estimate of drug-likeness (QED) is 0.642. The van der Waals surface area contributed by atoms with Crippen molar-refractivity contribution in [2.75, 3.05) is 29.0 Å². The van der Waals surface area contributed by atoms with Gasteiger partial charge in [-0.1, -0.05) is 0 Å². The van der Waals surface area contributed by atoms with Gasteiger partial charge in [0.2, 0.25) is 5.95 Å². The largest absolute Gasteiger partial charge is 0.450 e. The third-order valence-electron chi connectivity index (χ3n) is 4.68. The summed E-state index contributed by atoms with van der Waals surface area (Å²) in [7, 11) is 0. The fourth-order valence-corrected chi connectivity index (χ4v) is 3.28. The van der Waals surface area contributed by atoms with Crippen molar-refractivity contribution in [3.05, 3.63) is 71.6 Å². The molecule has 2 aromatic carbocycles. The van der Waals surface area contributed by atoms with Crippen molar-refractivity contribution < 1.29 is 13.5 Å². The number of fused-ring (bicyclic) bond motifs is 3. The first kappa shape index (κ1) is 18.0. The Morgan fingerprint density at radius 1 is 1.10 bits per heavy atom. The standard InChI is InChI=1S/C21H16F2N6O/c22-13-1-6-17(16(23)10-13)30-18-9-12-11-26-21(27-15-4-2-14(24)3-5-15)28-19(12)29-8-7-25-20(18)29/h1-6,9-11H,7-8,24H2,(H,26,27,28). The van der Waals surface area contributed by atoms with E-state index in [9.17, 15) is 8.78 Å². The average Bonchev–Trinajstić information content (AvgIpc) is 3.23. The maximum atomic E-state index is 14.0. The minimum Gasteiger partial charge on any atom is -0.450 e. The second-order valence-electron chi connectivity index (χ2n) is 6.76. The molecule has 30 heavy (non-hydrogen) atoms. The zero-order valence-electron chi connectivity index (χ0n) is 15.6. The lowest BCUT2D eigenvalue weighted by atomic mass is 10.1. The molecule has 0 saturated heterocycles. The van der Waals surface area contributed by atoms with Crippen LogP contribution in [0.2, 0.25) is 0 Å². The van der Waals surface area contributed by atoms with Crippen LogP contribution in [-0.2, 0) is 0 Å². The van der Waals surface area contributed by atoms with Gasteiger partial charge in [0.05, 0.1) is 6.54 Å². The molecule has 150 valence electrons. The molecular formula is C21H16F2N6O. The van der Waals surface area contributed by atoms with Crippen molar-refractivity contribution >= 4 is 35.1 Å². The summed E-state index contributed by atoms with van der Waals surface area (Å²) in [6, 6.07) is 10.4. The summed E-state index contributed by atoms with van der Waals surface area (Å²) in [6.07, 6.45) is 3.35. The molecule has 0 amide bonds. The summed E-state index contributed by atoms with van der Waals surface area (Å²) in [4.78, 5) is 15.3. The first-order chi connectivity index (χ1) is 14.6. The minimum atomic E-state index is -0.786. The van der Waals surface area contributed by atoms with Crippen LogP contribution < -0.4 is 20.7 Å². The van der Waals surface area contributed by atoms with Crippen LogP contribution in [0.1, 0.15) is 5.56 Å². The second kappa shape index (κ2) is 7.11. The molecule has 0 fully saturated rings. The van der Waals surface area contributed by atoms with Crippen LogP contribution >= 0.6 is 0 Å². The lowest BCUT2D eigenvalue weighted by Gasteiger charge is -2.27. The number of benzene rings is 2. The van der Waals surface area contributed by atoms with Gasteiger partial charge in [-0.2, -0.15) is 4.98 Å². The molecular weight excluding hydrogens is 390 g/mol. The van der Waals surface area contributed by atoms with E-state index in [1.165, 1.54) is 6.07 Å². The Hall–Kier alpha value is -4.01. The molecule has 2 aliphatic rings. The number of aliphatic imine (C=N–C) groups is 1. The van der Waals surface area contributed by atoms with Crippen LogP contribution in [-0.4, -0.2) is 28.9 Å². The molecule has 5 rings (SSSR count). The van der Waals surface area contributed by atoms with E-state index in [4.69, 9.17) is 10.5 Å². The molecule has 1 aromatic heterocycles. The third-order valence-corrected chi connectivity index (χ3v) is 4.68. The Labute approximate surface area is 170 Å². The summed E-state index contributed by atoms with van der Waals surface area (Å²) in [6.45, 7) is 1.15. The zero-order valence-corrected chi connectivity index (χ0v) is 15.6. The highest BCUT2D eigenvalue weighted by Crippen LogP contribution is 2.33. The van der Waals surface area contributed by atoms with Crippen LogP contribution in [0.25, 0.3) is 6.08 Å². The molecule has 0 saturated carbocycles. The number of hydrogen-bond donors (Lipinski definition) is 2. The van der Waals surface area contributed by atoms with Gasteiger partial charge >= 0.3 is 0 Å². The lowest BCUT2D eigenvalue weighted by Crippen LogP contribution is -2.34. The Morgan fingerprint density at radius 3 is 2.73 bits per heavy atom. The molecule has 0 atom stereocenters. The number of nitrogens with one attached hydrogen (secondary N) is 1. The fraction of sp³-hybridized carbons (Fsp3) is 0.0952. The van der Waals surface area contributed by atoms with E-state index < -0.39 is 11.6 Å². The summed E-state index contributed by atoms with van der Waals surface area (Å²) < 4.78 is 32.9. The second-order valence-corrected chi connectivity index (χ2v) is 6.76. The Kier molecular flexibility index (Phi) is 4.27. The van der Waals surface area contributed by atoms with Gasteiger partial charge < -0.3 is 20.7 Å². The molecule has 7 nitrogen and oxygen atoms in total. The van der Waals surface area contributed by atoms with Gasteiger partial charge in [-0.15, -0.1) is 0 Å². The molecule has 3 heterocycles. The molecule has 0 spiro atoms. The molecule has 9 heteroatoms. The van der Waals surface area contributed by atoms with Gasteiger partial charge in [0.1, 0.15) is 11.6 Å². The van der Waals surface area contributed by atoms with E-state index in [2.05, 4.69) is 20.3 Å². The van der Waals surface area contributed by atoms with Crippen LogP contribution in [0, 0.1) is 11.6 Å². The van der Waals surface area contributed by atoms with Gasteiger partial charge in [0.25, 0.3) is 0 Å². The van der Waals surface area contributed by atoms with Crippen LogP contribution in [0.4, 0.5) is 31.9 Å². The number of nitrogens with zero attached hydrogens (tertiary/aromatic N) is 4. The van der Waals surface area contributed by atoms with Crippen molar-refractivity contribution in [2.24, 2.45) is 4.99 Å². The number of anilines is 4. The number of nitrogen functional groups attached to an aromatic ring is 1. The van der Waals surface area contributed by atoms with Gasteiger partial charge in [-0.3, -0.25) is 4.99 Å². The molecule has 0 unspecified atom stereocenters. The smallest absolute Gasteiger partial charge is 0.229 e. The minimum absolute atomic E-state index is 0.0804. The summed E-state index contributed by atoms with van der Waals surface area (Å²) >= 11 is 0. The molecule has 0 bridgehead atoms. The first-order valence-corrected chi connectivity index (χ1v) is 9.23. The van der Waals surface area contributed by atoms with Crippen molar-refractivity contribution in [1.29, 1.82) is 0 Å². The summed E-state index contributed by atoms with van der Waals surface area (Å²) in [5.74, 6) is 0.460. The highest BCUT2D eigenvalue weighted by molar-refractivity contribution is 6.15. The third kappa shape index (κ3) is 3.30. The van der Waals surface area contributed by atoms with Gasteiger partial charge in [0, 0.05) is 35.7 Å². The Bertz CT molecular complexity index is 1190. The topological polar surface area (TPSA) is 88.7 Å². The fourth-order valence-electron chi connectivity index (χ4n) is 3.28. The Morgan fingerprint density at radius 2 is 1.93 bits per heavy atom. The van der Waals surface area contributed by atoms with Crippen LogP contribution in [0.15, 0.2) is 59.4 Å². The first-order valence-electron chi connectivity index (χ1n) is 9.23. The van der Waals surface area contributed by atoms with Gasteiger partial charge in [0.15, 0.2) is 23.2 Å². The number of rotatable bonds is 4. The molecule has 2 aliphatic heterocycles. The van der Waals surface area contributed by atoms with E-state index >= 15 is 0 Å². The number of ether oxygens (including phenoxy) is 1. The normalized spacial score (nSPS) is 14.5. The lowest BCUT2D eigenvalue weighted by molar-refractivity contribution is 0.418. The van der Waals surface area contributed by atoms with Crippen molar-refractivity contribution in [2.45, 2.75) is 0 Å². The predicted octanol–water partition coefficient (Wildman–Crippen LogP) is 3.73. The van der Waals surface area contributed by atoms with E-state index in [0.29, 0.717) is 47.7 Å². The number of hydrogen-bond acceptors (Lipinski definition) is 7.